The quantitative estimate of drug-likeness (QED) is 0.552. The molecule has 0 atom stereocenters. The number of hydrogen-bond acceptors (Lipinski definition) is 2. The van der Waals surface area contributed by atoms with E-state index in [-0.39, 0.29) is 0 Å². The van der Waals surface area contributed by atoms with Crippen LogP contribution in [0.1, 0.15) is 13.9 Å². The predicted molar refractivity (Wildman–Crippen MR) is 78.9 cm³/mol. The van der Waals surface area contributed by atoms with Gasteiger partial charge in [-0.05, 0) is 38.1 Å². The molecule has 0 amide bonds. The Morgan fingerprint density at radius 3 is 1.47 bits per heavy atom. The van der Waals surface area contributed by atoms with Gasteiger partial charge < -0.3 is 0 Å². The van der Waals surface area contributed by atoms with Gasteiger partial charge in [0.05, 0.1) is 2.74 Å². The molecule has 0 aliphatic carbocycles. The zero-order valence-corrected chi connectivity index (χ0v) is 11.6. The van der Waals surface area contributed by atoms with Crippen LogP contribution >= 0.6 is 23.5 Å². The molecular weight excluding hydrogens is 244 g/mol. The van der Waals surface area contributed by atoms with Crippen molar-refractivity contribution in [2.45, 2.75) is 23.6 Å². The minimum Gasteiger partial charge on any atom is -0.115 e. The van der Waals surface area contributed by atoms with E-state index in [2.05, 4.69) is 0 Å². The summed E-state index contributed by atoms with van der Waals surface area (Å²) in [6.45, 7) is 4.06. The largest absolute Gasteiger partial charge is 0.115 e. The molecule has 0 spiro atoms. The molecule has 17 heavy (non-hydrogen) atoms. The summed E-state index contributed by atoms with van der Waals surface area (Å²) < 4.78 is 16.2. The van der Waals surface area contributed by atoms with E-state index in [0.717, 1.165) is 9.79 Å². The number of thioether (sulfide) groups is 2. The Morgan fingerprint density at radius 1 is 0.765 bits per heavy atom. The summed E-state index contributed by atoms with van der Waals surface area (Å²) in [6.07, 6.45) is 0. The van der Waals surface area contributed by atoms with Gasteiger partial charge in [0.15, 0.2) is 0 Å². The Kier molecular flexibility index (Phi) is 3.67. The van der Waals surface area contributed by atoms with Crippen LogP contribution in [0.2, 0.25) is 0 Å². The molecule has 0 unspecified atom stereocenters. The van der Waals surface area contributed by atoms with Gasteiger partial charge in [0.2, 0.25) is 0 Å². The summed E-state index contributed by atoms with van der Waals surface area (Å²) >= 11 is 2.50. The number of aryl methyl sites for hydroxylation is 2. The third-order valence-electron chi connectivity index (χ3n) is 2.36. The van der Waals surface area contributed by atoms with Crippen LogP contribution in [0.5, 0.6) is 0 Å². The second-order valence-corrected chi connectivity index (χ2v) is 5.93. The molecule has 0 aliphatic rings. The fourth-order valence-corrected chi connectivity index (χ4v) is 2.81. The summed E-state index contributed by atoms with van der Waals surface area (Å²) in [7, 11) is 0. The lowest BCUT2D eigenvalue weighted by molar-refractivity contribution is 1.37. The van der Waals surface area contributed by atoms with Crippen molar-refractivity contribution in [2.75, 3.05) is 5.04 Å². The fraction of sp³-hybridized carbons (Fsp3) is 0.200. The molecule has 2 rings (SSSR count). The normalized spacial score (nSPS) is 13.1. The van der Waals surface area contributed by atoms with Crippen molar-refractivity contribution in [3.63, 3.8) is 0 Å². The molecule has 2 aromatic rings. The Morgan fingerprint density at radius 2 is 1.12 bits per heavy atom. The summed E-state index contributed by atoms with van der Waals surface area (Å²) in [6, 6.07) is 15.9. The average Bonchev–Trinajstić information content (AvgIpc) is 2.34. The van der Waals surface area contributed by atoms with Crippen LogP contribution in [-0.4, -0.2) is 5.04 Å². The van der Waals surface area contributed by atoms with Crippen LogP contribution < -0.4 is 0 Å². The molecule has 0 aliphatic heterocycles. The van der Waals surface area contributed by atoms with Gasteiger partial charge in [-0.1, -0.05) is 35.4 Å². The van der Waals surface area contributed by atoms with Crippen LogP contribution in [0.25, 0.3) is 0 Å². The van der Waals surface area contributed by atoms with Gasteiger partial charge in [0.1, 0.15) is 0 Å². The first-order valence-electron chi connectivity index (χ1n) is 6.46. The smallest absolute Gasteiger partial charge is 0.0503 e. The van der Waals surface area contributed by atoms with Gasteiger partial charge in [-0.3, -0.25) is 0 Å². The van der Waals surface area contributed by atoms with Crippen LogP contribution in [0, 0.1) is 13.8 Å². The molecule has 0 nitrogen and oxygen atoms in total. The average molecular weight is 262 g/mol. The Balaban J connectivity index is 2.05. The SMILES string of the molecule is [2H]C([2H])(Sc1ccc(C)cc1)Sc1ccc(C)cc1. The highest BCUT2D eigenvalue weighted by Gasteiger charge is 1.96. The zero-order valence-electron chi connectivity index (χ0n) is 11.9. The van der Waals surface area contributed by atoms with Crippen molar-refractivity contribution in [3.8, 4) is 0 Å². The lowest BCUT2D eigenvalue weighted by Crippen LogP contribution is -1.77. The highest BCUT2D eigenvalue weighted by atomic mass is 32.2. The number of hydrogen-bond donors (Lipinski definition) is 0. The van der Waals surface area contributed by atoms with Gasteiger partial charge in [0.25, 0.3) is 0 Å². The Bertz CT molecular complexity index is 484. The molecule has 0 fully saturated rings. The molecular formula is C15H16S2. The van der Waals surface area contributed by atoms with Crippen molar-refractivity contribution in [2.24, 2.45) is 0 Å². The number of benzene rings is 2. The first-order valence-corrected chi connectivity index (χ1v) is 7.09. The molecule has 0 radical (unpaired) electrons. The molecule has 88 valence electrons. The second kappa shape index (κ2) is 6.18. The fourth-order valence-electron chi connectivity index (χ4n) is 1.33. The minimum atomic E-state index is -1.37. The van der Waals surface area contributed by atoms with E-state index in [1.807, 2.05) is 62.4 Å². The standard InChI is InChI=1S/C15H16S2/c1-12-3-7-14(8-4-12)16-11-17-15-9-5-13(2)6-10-15/h3-10H,11H2,1-2H3/i11D2. The molecule has 0 heterocycles. The first-order chi connectivity index (χ1) is 8.94. The topological polar surface area (TPSA) is 0 Å². The van der Waals surface area contributed by atoms with Crippen molar-refractivity contribution in [3.05, 3.63) is 59.7 Å². The van der Waals surface area contributed by atoms with Crippen LogP contribution in [-0.2, 0) is 0 Å². The van der Waals surface area contributed by atoms with E-state index in [0.29, 0.717) is 0 Å². The maximum Gasteiger partial charge on any atom is 0.0503 e. The highest BCUT2D eigenvalue weighted by molar-refractivity contribution is 8.16. The van der Waals surface area contributed by atoms with E-state index in [9.17, 15) is 0 Å². The monoisotopic (exact) mass is 262 g/mol. The molecule has 0 saturated carbocycles. The Labute approximate surface area is 115 Å². The van der Waals surface area contributed by atoms with Crippen LogP contribution in [0.15, 0.2) is 58.3 Å². The number of rotatable bonds is 4. The summed E-state index contributed by atoms with van der Waals surface area (Å²) in [4.78, 5) is 1.91. The first kappa shape index (κ1) is 10.1. The zero-order chi connectivity index (χ0) is 13.9. The lowest BCUT2D eigenvalue weighted by atomic mass is 10.2. The van der Waals surface area contributed by atoms with Crippen molar-refractivity contribution < 1.29 is 2.74 Å². The maximum absolute atomic E-state index is 8.10. The van der Waals surface area contributed by atoms with Crippen molar-refractivity contribution >= 4 is 23.5 Å². The summed E-state index contributed by atoms with van der Waals surface area (Å²) in [5.74, 6) is 0. The molecule has 2 heteroatoms. The van der Waals surface area contributed by atoms with Gasteiger partial charge in [-0.2, -0.15) is 0 Å². The Hall–Kier alpha value is -0.860. The van der Waals surface area contributed by atoms with Crippen molar-refractivity contribution in [1.82, 2.24) is 0 Å². The van der Waals surface area contributed by atoms with Crippen LogP contribution in [0.4, 0.5) is 0 Å². The van der Waals surface area contributed by atoms with Gasteiger partial charge in [-0.15, -0.1) is 23.5 Å². The molecule has 0 bridgehead atoms. The third kappa shape index (κ3) is 4.14. The van der Waals surface area contributed by atoms with Gasteiger partial charge >= 0.3 is 0 Å². The van der Waals surface area contributed by atoms with Crippen LogP contribution in [0.3, 0.4) is 0 Å². The van der Waals surface area contributed by atoms with E-state index in [1.54, 1.807) is 0 Å². The molecule has 0 aromatic heterocycles. The maximum atomic E-state index is 8.10. The molecule has 0 saturated heterocycles. The minimum absolute atomic E-state index is 0.954. The van der Waals surface area contributed by atoms with Gasteiger partial charge in [-0.25, -0.2) is 0 Å². The predicted octanol–water partition coefficient (Wildman–Crippen LogP) is 5.15. The lowest BCUT2D eigenvalue weighted by Gasteiger charge is -2.03. The molecule has 2 aromatic carbocycles. The molecule has 0 N–H and O–H groups in total. The third-order valence-corrected chi connectivity index (χ3v) is 4.04. The second-order valence-electron chi connectivity index (χ2n) is 3.91. The van der Waals surface area contributed by atoms with E-state index < -0.39 is 5.04 Å². The van der Waals surface area contributed by atoms with E-state index >= 15 is 0 Å². The summed E-state index contributed by atoms with van der Waals surface area (Å²) in [5, 5.41) is -1.37. The summed E-state index contributed by atoms with van der Waals surface area (Å²) in [5.41, 5.74) is 2.38. The van der Waals surface area contributed by atoms with E-state index in [4.69, 9.17) is 2.74 Å². The van der Waals surface area contributed by atoms with Gasteiger partial charge in [0, 0.05) is 14.8 Å². The van der Waals surface area contributed by atoms with E-state index in [1.165, 1.54) is 34.7 Å². The van der Waals surface area contributed by atoms with Crippen molar-refractivity contribution in [1.29, 1.82) is 0 Å². The highest BCUT2D eigenvalue weighted by Crippen LogP contribution is 2.27.